The summed E-state index contributed by atoms with van der Waals surface area (Å²) in [4.78, 5) is 8.81. The minimum atomic E-state index is 0.146. The first-order valence-corrected chi connectivity index (χ1v) is 7.47. The van der Waals surface area contributed by atoms with E-state index >= 15 is 0 Å². The molecule has 0 saturated carbocycles. The smallest absolute Gasteiger partial charge is 0.175 e. The highest BCUT2D eigenvalue weighted by Gasteiger charge is 2.09. The summed E-state index contributed by atoms with van der Waals surface area (Å²) in [5, 5.41) is 10.4. The summed E-state index contributed by atoms with van der Waals surface area (Å²) < 4.78 is 5.05. The number of anilines is 3. The standard InChI is InChI=1S/C17H19N5O/c1-11-9-17(22-23-11)21-16-10-15(19-13(3)20-16)18-12(2)14-7-5-4-6-8-14/h4-10,12H,1-3H3,(H2,18,19,20,21,22). The molecule has 0 aliphatic rings. The van der Waals surface area contributed by atoms with E-state index in [4.69, 9.17) is 4.52 Å². The third-order valence-electron chi connectivity index (χ3n) is 3.39. The molecule has 2 N–H and O–H groups in total. The molecular formula is C17H19N5O. The molecule has 2 heterocycles. The van der Waals surface area contributed by atoms with Crippen molar-refractivity contribution in [2.24, 2.45) is 0 Å². The summed E-state index contributed by atoms with van der Waals surface area (Å²) in [6.07, 6.45) is 0. The molecular weight excluding hydrogens is 290 g/mol. The molecule has 0 spiro atoms. The van der Waals surface area contributed by atoms with Crippen molar-refractivity contribution in [3.05, 3.63) is 59.6 Å². The van der Waals surface area contributed by atoms with Gasteiger partial charge in [-0.25, -0.2) is 9.97 Å². The van der Waals surface area contributed by atoms with E-state index in [9.17, 15) is 0 Å². The maximum atomic E-state index is 5.05. The number of nitrogens with one attached hydrogen (secondary N) is 2. The molecule has 0 aliphatic carbocycles. The molecule has 1 unspecified atom stereocenters. The van der Waals surface area contributed by atoms with E-state index in [-0.39, 0.29) is 6.04 Å². The van der Waals surface area contributed by atoms with Crippen LogP contribution in [0.3, 0.4) is 0 Å². The zero-order valence-corrected chi connectivity index (χ0v) is 13.4. The molecule has 6 nitrogen and oxygen atoms in total. The van der Waals surface area contributed by atoms with Gasteiger partial charge in [-0.15, -0.1) is 0 Å². The van der Waals surface area contributed by atoms with Gasteiger partial charge in [0.15, 0.2) is 5.82 Å². The summed E-state index contributed by atoms with van der Waals surface area (Å²) in [5.74, 6) is 3.49. The maximum absolute atomic E-state index is 5.05. The van der Waals surface area contributed by atoms with Crippen molar-refractivity contribution < 1.29 is 4.52 Å². The number of hydrogen-bond acceptors (Lipinski definition) is 6. The van der Waals surface area contributed by atoms with E-state index in [0.29, 0.717) is 17.5 Å². The Morgan fingerprint density at radius 1 is 0.957 bits per heavy atom. The highest BCUT2D eigenvalue weighted by Crippen LogP contribution is 2.21. The van der Waals surface area contributed by atoms with Crippen LogP contribution in [-0.4, -0.2) is 15.1 Å². The number of rotatable bonds is 5. The Morgan fingerprint density at radius 3 is 2.39 bits per heavy atom. The minimum Gasteiger partial charge on any atom is -0.363 e. The SMILES string of the molecule is Cc1nc(Nc2cc(C)on2)cc(NC(C)c2ccccc2)n1. The first kappa shape index (κ1) is 15.0. The lowest BCUT2D eigenvalue weighted by molar-refractivity contribution is 0.400. The average molecular weight is 309 g/mol. The summed E-state index contributed by atoms with van der Waals surface area (Å²) in [5.41, 5.74) is 1.20. The zero-order valence-electron chi connectivity index (χ0n) is 13.4. The molecule has 2 aromatic heterocycles. The fourth-order valence-electron chi connectivity index (χ4n) is 2.31. The number of benzene rings is 1. The normalized spacial score (nSPS) is 12.0. The lowest BCUT2D eigenvalue weighted by Gasteiger charge is -2.16. The maximum Gasteiger partial charge on any atom is 0.175 e. The van der Waals surface area contributed by atoms with Gasteiger partial charge in [0.2, 0.25) is 0 Å². The Hall–Kier alpha value is -2.89. The van der Waals surface area contributed by atoms with E-state index in [2.05, 4.69) is 44.8 Å². The second kappa shape index (κ2) is 6.48. The van der Waals surface area contributed by atoms with Crippen LogP contribution in [0.4, 0.5) is 17.5 Å². The third-order valence-corrected chi connectivity index (χ3v) is 3.39. The van der Waals surface area contributed by atoms with E-state index in [1.165, 1.54) is 5.56 Å². The molecule has 0 amide bonds. The van der Waals surface area contributed by atoms with Gasteiger partial charge in [0.1, 0.15) is 23.2 Å². The molecule has 0 saturated heterocycles. The molecule has 23 heavy (non-hydrogen) atoms. The monoisotopic (exact) mass is 309 g/mol. The van der Waals surface area contributed by atoms with Gasteiger partial charge in [-0.05, 0) is 26.3 Å². The van der Waals surface area contributed by atoms with Crippen molar-refractivity contribution in [3.63, 3.8) is 0 Å². The fourth-order valence-corrected chi connectivity index (χ4v) is 2.31. The highest BCUT2D eigenvalue weighted by atomic mass is 16.5. The van der Waals surface area contributed by atoms with Crippen LogP contribution in [0.2, 0.25) is 0 Å². The van der Waals surface area contributed by atoms with Crippen molar-refractivity contribution in [1.29, 1.82) is 0 Å². The van der Waals surface area contributed by atoms with Crippen LogP contribution < -0.4 is 10.6 Å². The summed E-state index contributed by atoms with van der Waals surface area (Å²) in [6.45, 7) is 5.80. The second-order valence-electron chi connectivity index (χ2n) is 5.41. The number of aromatic nitrogens is 3. The van der Waals surface area contributed by atoms with Gasteiger partial charge in [0.05, 0.1) is 0 Å². The van der Waals surface area contributed by atoms with Gasteiger partial charge in [-0.2, -0.15) is 0 Å². The van der Waals surface area contributed by atoms with Crippen LogP contribution >= 0.6 is 0 Å². The molecule has 3 aromatic rings. The van der Waals surface area contributed by atoms with Crippen molar-refractivity contribution in [2.75, 3.05) is 10.6 Å². The second-order valence-corrected chi connectivity index (χ2v) is 5.41. The van der Waals surface area contributed by atoms with Crippen molar-refractivity contribution >= 4 is 17.5 Å². The van der Waals surface area contributed by atoms with Gasteiger partial charge in [0, 0.05) is 18.2 Å². The van der Waals surface area contributed by atoms with E-state index in [1.54, 1.807) is 0 Å². The van der Waals surface area contributed by atoms with E-state index in [1.807, 2.05) is 44.2 Å². The van der Waals surface area contributed by atoms with E-state index in [0.717, 1.165) is 11.6 Å². The van der Waals surface area contributed by atoms with Gasteiger partial charge in [-0.3, -0.25) is 0 Å². The van der Waals surface area contributed by atoms with Crippen LogP contribution in [0.25, 0.3) is 0 Å². The molecule has 1 atom stereocenters. The molecule has 6 heteroatoms. The number of nitrogens with zero attached hydrogens (tertiary/aromatic N) is 3. The molecule has 0 aliphatic heterocycles. The summed E-state index contributed by atoms with van der Waals surface area (Å²) in [6, 6.07) is 14.1. The average Bonchev–Trinajstić information content (AvgIpc) is 2.92. The first-order valence-electron chi connectivity index (χ1n) is 7.47. The van der Waals surface area contributed by atoms with Crippen molar-refractivity contribution in [3.8, 4) is 0 Å². The molecule has 1 aromatic carbocycles. The van der Waals surface area contributed by atoms with Crippen molar-refractivity contribution in [2.45, 2.75) is 26.8 Å². The lowest BCUT2D eigenvalue weighted by Crippen LogP contribution is -2.09. The van der Waals surface area contributed by atoms with Crippen LogP contribution in [0.1, 0.15) is 30.1 Å². The molecule has 3 rings (SSSR count). The molecule has 0 radical (unpaired) electrons. The number of hydrogen-bond donors (Lipinski definition) is 2. The Morgan fingerprint density at radius 2 is 1.70 bits per heavy atom. The summed E-state index contributed by atoms with van der Waals surface area (Å²) in [7, 11) is 0. The Kier molecular flexibility index (Phi) is 4.23. The lowest BCUT2D eigenvalue weighted by atomic mass is 10.1. The van der Waals surface area contributed by atoms with Gasteiger partial charge >= 0.3 is 0 Å². The molecule has 118 valence electrons. The van der Waals surface area contributed by atoms with Crippen LogP contribution in [0, 0.1) is 13.8 Å². The zero-order chi connectivity index (χ0) is 16.2. The van der Waals surface area contributed by atoms with Crippen LogP contribution in [0.15, 0.2) is 47.0 Å². The number of aryl methyl sites for hydroxylation is 2. The molecule has 0 fully saturated rings. The van der Waals surface area contributed by atoms with Crippen LogP contribution in [0.5, 0.6) is 0 Å². The van der Waals surface area contributed by atoms with Gasteiger partial charge in [-0.1, -0.05) is 35.5 Å². The van der Waals surface area contributed by atoms with Gasteiger partial charge in [0.25, 0.3) is 0 Å². The fraction of sp³-hybridized carbons (Fsp3) is 0.235. The Balaban J connectivity index is 1.77. The predicted octanol–water partition coefficient (Wildman–Crippen LogP) is 4.00. The first-order chi connectivity index (χ1) is 11.1. The molecule has 0 bridgehead atoms. The van der Waals surface area contributed by atoms with Gasteiger partial charge < -0.3 is 15.2 Å². The van der Waals surface area contributed by atoms with E-state index < -0.39 is 0 Å². The Bertz CT molecular complexity index is 785. The largest absolute Gasteiger partial charge is 0.363 e. The summed E-state index contributed by atoms with van der Waals surface area (Å²) >= 11 is 0. The third kappa shape index (κ3) is 3.85. The Labute approximate surface area is 135 Å². The minimum absolute atomic E-state index is 0.146. The van der Waals surface area contributed by atoms with Crippen LogP contribution in [-0.2, 0) is 0 Å². The quantitative estimate of drug-likeness (QED) is 0.742. The highest BCUT2D eigenvalue weighted by molar-refractivity contribution is 5.56. The van der Waals surface area contributed by atoms with Crippen molar-refractivity contribution in [1.82, 2.24) is 15.1 Å². The predicted molar refractivity (Wildman–Crippen MR) is 89.8 cm³/mol. The topological polar surface area (TPSA) is 75.9 Å².